The van der Waals surface area contributed by atoms with Gasteiger partial charge in [0.15, 0.2) is 5.15 Å². The van der Waals surface area contributed by atoms with Crippen LogP contribution < -0.4 is 15.8 Å². The molecule has 5 rings (SSSR count). The molecule has 8 nitrogen and oxygen atoms in total. The molecule has 2 aromatic heterocycles. The lowest BCUT2D eigenvalue weighted by atomic mass is 10.0. The van der Waals surface area contributed by atoms with Crippen molar-refractivity contribution in [3.05, 3.63) is 68.2 Å². The monoisotopic (exact) mass is 466 g/mol. The third-order valence-electron chi connectivity index (χ3n) is 6.56. The molecule has 2 aliphatic rings. The molecule has 0 unspecified atom stereocenters. The molecule has 9 heteroatoms. The number of fused-ring (bicyclic) bond motifs is 3. The van der Waals surface area contributed by atoms with Crippen molar-refractivity contribution in [3.8, 4) is 0 Å². The Kier molecular flexibility index (Phi) is 5.82. The lowest BCUT2D eigenvalue weighted by molar-refractivity contribution is 0.0958. The van der Waals surface area contributed by atoms with Gasteiger partial charge in [-0.3, -0.25) is 19.4 Å². The van der Waals surface area contributed by atoms with Crippen molar-refractivity contribution >= 4 is 34.1 Å². The molecule has 1 saturated heterocycles. The number of carbonyl (C=O) groups excluding carboxylic acids is 1. The summed E-state index contributed by atoms with van der Waals surface area (Å²) in [4.78, 5) is 38.4. The van der Waals surface area contributed by atoms with Crippen molar-refractivity contribution in [2.75, 3.05) is 45.2 Å². The Hall–Kier alpha value is -2.94. The third kappa shape index (κ3) is 4.21. The van der Waals surface area contributed by atoms with E-state index in [1.54, 1.807) is 13.1 Å². The second-order valence-electron chi connectivity index (χ2n) is 8.81. The van der Waals surface area contributed by atoms with Crippen LogP contribution in [0.1, 0.15) is 27.2 Å². The number of benzene rings is 1. The van der Waals surface area contributed by atoms with Gasteiger partial charge in [0.05, 0.1) is 5.69 Å². The van der Waals surface area contributed by atoms with Crippen LogP contribution in [-0.4, -0.2) is 65.9 Å². The maximum atomic E-state index is 12.5. The molecule has 1 fully saturated rings. The first-order chi connectivity index (χ1) is 15.9. The van der Waals surface area contributed by atoms with Gasteiger partial charge in [-0.1, -0.05) is 23.7 Å². The Labute approximate surface area is 197 Å². The van der Waals surface area contributed by atoms with E-state index in [0.29, 0.717) is 17.4 Å². The van der Waals surface area contributed by atoms with Crippen LogP contribution in [0.2, 0.25) is 5.15 Å². The van der Waals surface area contributed by atoms with E-state index in [9.17, 15) is 9.59 Å². The number of anilines is 1. The Morgan fingerprint density at radius 3 is 2.61 bits per heavy atom. The van der Waals surface area contributed by atoms with Crippen LogP contribution in [0.5, 0.6) is 0 Å². The number of amides is 1. The zero-order valence-corrected chi connectivity index (χ0v) is 19.6. The minimum Gasteiger partial charge on any atom is -0.366 e. The first kappa shape index (κ1) is 21.9. The second kappa shape index (κ2) is 8.78. The SMILES string of the molecule is CNC(=O)c1ccc(N2CCN(Cc3ccc4c5c(c(=O)[nH]c4c3)CN(C)C5)CC2)c(Cl)n1. The fraction of sp³-hybridized carbons (Fsp3) is 0.375. The van der Waals surface area contributed by atoms with Crippen molar-refractivity contribution in [3.63, 3.8) is 0 Å². The molecule has 33 heavy (non-hydrogen) atoms. The summed E-state index contributed by atoms with van der Waals surface area (Å²) in [5, 5.41) is 4.05. The van der Waals surface area contributed by atoms with Gasteiger partial charge >= 0.3 is 0 Å². The van der Waals surface area contributed by atoms with E-state index in [2.05, 4.69) is 48.2 Å². The van der Waals surface area contributed by atoms with Gasteiger partial charge in [-0.05, 0) is 36.4 Å². The van der Waals surface area contributed by atoms with E-state index in [1.807, 2.05) is 13.1 Å². The summed E-state index contributed by atoms with van der Waals surface area (Å²) in [5.41, 5.74) is 5.35. The number of hydrogen-bond donors (Lipinski definition) is 2. The maximum Gasteiger partial charge on any atom is 0.269 e. The Morgan fingerprint density at radius 2 is 1.88 bits per heavy atom. The topological polar surface area (TPSA) is 84.6 Å². The number of carbonyl (C=O) groups is 1. The number of aromatic nitrogens is 2. The average Bonchev–Trinajstić information content (AvgIpc) is 3.21. The fourth-order valence-electron chi connectivity index (χ4n) is 4.82. The Bertz CT molecular complexity index is 1280. The molecular weight excluding hydrogens is 440 g/mol. The van der Waals surface area contributed by atoms with E-state index in [4.69, 9.17) is 11.6 Å². The third-order valence-corrected chi connectivity index (χ3v) is 6.84. The summed E-state index contributed by atoms with van der Waals surface area (Å²) in [7, 11) is 3.61. The zero-order chi connectivity index (χ0) is 23.1. The summed E-state index contributed by atoms with van der Waals surface area (Å²) in [6.45, 7) is 5.77. The number of pyridine rings is 2. The number of hydrogen-bond acceptors (Lipinski definition) is 6. The lowest BCUT2D eigenvalue weighted by Crippen LogP contribution is -2.46. The first-order valence-electron chi connectivity index (χ1n) is 11.1. The average molecular weight is 467 g/mol. The van der Waals surface area contributed by atoms with E-state index in [0.717, 1.165) is 67.0 Å². The van der Waals surface area contributed by atoms with Gasteiger partial charge in [0, 0.05) is 69.3 Å². The van der Waals surface area contributed by atoms with Crippen LogP contribution in [0.4, 0.5) is 5.69 Å². The van der Waals surface area contributed by atoms with Crippen molar-refractivity contribution < 1.29 is 4.79 Å². The molecule has 2 N–H and O–H groups in total. The molecule has 1 amide bonds. The standard InChI is InChI=1S/C24H27ClN6O2/c1-26-24(33)19-5-6-21(22(25)27-19)31-9-7-30(8-10-31)12-15-3-4-16-17-13-29(2)14-18(17)23(32)28-20(16)11-15/h3-6,11H,7-10,12-14H2,1-2H3,(H,26,33)(H,28,32). The van der Waals surface area contributed by atoms with E-state index in [-0.39, 0.29) is 11.5 Å². The molecule has 0 atom stereocenters. The number of nitrogens with zero attached hydrogens (tertiary/aromatic N) is 4. The molecule has 0 aliphatic carbocycles. The van der Waals surface area contributed by atoms with Crippen LogP contribution in [0.15, 0.2) is 35.1 Å². The highest BCUT2D eigenvalue weighted by atomic mass is 35.5. The number of halogens is 1. The molecule has 1 aromatic carbocycles. The quantitative estimate of drug-likeness (QED) is 0.573. The van der Waals surface area contributed by atoms with E-state index in [1.165, 1.54) is 5.56 Å². The van der Waals surface area contributed by atoms with Gasteiger partial charge < -0.3 is 15.2 Å². The van der Waals surface area contributed by atoms with Crippen molar-refractivity contribution in [1.29, 1.82) is 0 Å². The van der Waals surface area contributed by atoms with Crippen LogP contribution in [0, 0.1) is 0 Å². The predicted octanol–water partition coefficient (Wildman–Crippen LogP) is 2.20. The largest absolute Gasteiger partial charge is 0.366 e. The summed E-state index contributed by atoms with van der Waals surface area (Å²) in [6, 6.07) is 10.0. The summed E-state index contributed by atoms with van der Waals surface area (Å²) >= 11 is 6.37. The minimum absolute atomic E-state index is 0.0283. The number of piperazine rings is 1. The second-order valence-corrected chi connectivity index (χ2v) is 9.17. The van der Waals surface area contributed by atoms with Crippen molar-refractivity contribution in [2.24, 2.45) is 0 Å². The zero-order valence-electron chi connectivity index (χ0n) is 18.8. The van der Waals surface area contributed by atoms with Crippen LogP contribution in [-0.2, 0) is 19.6 Å². The number of H-pyrrole nitrogens is 1. The highest BCUT2D eigenvalue weighted by Gasteiger charge is 2.23. The predicted molar refractivity (Wildman–Crippen MR) is 130 cm³/mol. The lowest BCUT2D eigenvalue weighted by Gasteiger charge is -2.36. The molecule has 0 spiro atoms. The number of nitrogens with one attached hydrogen (secondary N) is 2. The van der Waals surface area contributed by atoms with Crippen LogP contribution >= 0.6 is 11.6 Å². The van der Waals surface area contributed by atoms with Gasteiger partial charge in [-0.25, -0.2) is 4.98 Å². The fourth-order valence-corrected chi connectivity index (χ4v) is 5.09. The molecule has 2 aliphatic heterocycles. The van der Waals surface area contributed by atoms with E-state index < -0.39 is 0 Å². The van der Waals surface area contributed by atoms with Crippen molar-refractivity contribution in [1.82, 2.24) is 25.1 Å². The Balaban J connectivity index is 1.27. The number of aromatic amines is 1. The van der Waals surface area contributed by atoms with Gasteiger partial charge in [0.25, 0.3) is 11.5 Å². The molecular formula is C24H27ClN6O2. The van der Waals surface area contributed by atoms with Crippen LogP contribution in [0.25, 0.3) is 10.9 Å². The number of rotatable bonds is 4. The van der Waals surface area contributed by atoms with Crippen LogP contribution in [0.3, 0.4) is 0 Å². The minimum atomic E-state index is -0.248. The molecule has 0 radical (unpaired) electrons. The van der Waals surface area contributed by atoms with Gasteiger partial charge in [-0.15, -0.1) is 0 Å². The van der Waals surface area contributed by atoms with Gasteiger partial charge in [0.2, 0.25) is 0 Å². The highest BCUT2D eigenvalue weighted by molar-refractivity contribution is 6.32. The van der Waals surface area contributed by atoms with E-state index >= 15 is 0 Å². The summed E-state index contributed by atoms with van der Waals surface area (Å²) in [5.74, 6) is -0.248. The highest BCUT2D eigenvalue weighted by Crippen LogP contribution is 2.28. The molecule has 4 heterocycles. The normalized spacial score (nSPS) is 16.9. The molecule has 172 valence electrons. The van der Waals surface area contributed by atoms with Gasteiger partial charge in [-0.2, -0.15) is 0 Å². The molecule has 3 aromatic rings. The molecule has 0 saturated carbocycles. The van der Waals surface area contributed by atoms with Gasteiger partial charge in [0.1, 0.15) is 5.69 Å². The first-order valence-corrected chi connectivity index (χ1v) is 11.5. The maximum absolute atomic E-state index is 12.5. The molecule has 0 bridgehead atoms. The van der Waals surface area contributed by atoms with Crippen molar-refractivity contribution in [2.45, 2.75) is 19.6 Å². The Morgan fingerprint density at radius 1 is 1.12 bits per heavy atom. The smallest absolute Gasteiger partial charge is 0.269 e. The summed E-state index contributed by atoms with van der Waals surface area (Å²) < 4.78 is 0. The summed E-state index contributed by atoms with van der Waals surface area (Å²) in [6.07, 6.45) is 0.